The molecule has 0 radical (unpaired) electrons. The van der Waals surface area contributed by atoms with E-state index in [4.69, 9.17) is 14.2 Å². The second-order valence-electron chi connectivity index (χ2n) is 8.03. The Morgan fingerprint density at radius 1 is 0.839 bits per heavy atom. The highest BCUT2D eigenvalue weighted by Gasteiger charge is 2.31. The van der Waals surface area contributed by atoms with Crippen LogP contribution < -0.4 is 9.47 Å². The van der Waals surface area contributed by atoms with Crippen LogP contribution in [0.15, 0.2) is 42.5 Å². The van der Waals surface area contributed by atoms with Crippen LogP contribution in [0.4, 0.5) is 0 Å². The number of piperazine rings is 1. The zero-order valence-corrected chi connectivity index (χ0v) is 17.4. The number of carbonyl (C=O) groups excluding carboxylic acids is 2. The molecule has 0 aliphatic carbocycles. The average molecular weight is 422 g/mol. The minimum atomic E-state index is -0.298. The topological polar surface area (TPSA) is 68.3 Å². The Morgan fingerprint density at radius 2 is 1.58 bits per heavy atom. The number of carbonyl (C=O) groups is 2. The fourth-order valence-corrected chi connectivity index (χ4v) is 4.38. The van der Waals surface area contributed by atoms with Crippen LogP contribution >= 0.6 is 0 Å². The average Bonchev–Trinajstić information content (AvgIpc) is 3.38. The first kappa shape index (κ1) is 19.9. The molecule has 1 atom stereocenters. The zero-order chi connectivity index (χ0) is 21.2. The van der Waals surface area contributed by atoms with Gasteiger partial charge < -0.3 is 24.0 Å². The second kappa shape index (κ2) is 8.59. The van der Waals surface area contributed by atoms with Crippen LogP contribution in [0.2, 0.25) is 0 Å². The van der Waals surface area contributed by atoms with Crippen LogP contribution in [-0.2, 0) is 9.53 Å². The third kappa shape index (κ3) is 3.97. The summed E-state index contributed by atoms with van der Waals surface area (Å²) in [5.74, 6) is 1.55. The molecule has 31 heavy (non-hydrogen) atoms. The third-order valence-electron chi connectivity index (χ3n) is 6.09. The van der Waals surface area contributed by atoms with E-state index in [1.54, 1.807) is 0 Å². The summed E-state index contributed by atoms with van der Waals surface area (Å²) in [6, 6.07) is 13.4. The summed E-state index contributed by atoms with van der Waals surface area (Å²) in [6.45, 7) is 3.92. The molecular weight excluding hydrogens is 396 g/mol. The molecule has 0 aromatic heterocycles. The van der Waals surface area contributed by atoms with Crippen LogP contribution in [0, 0.1) is 0 Å². The van der Waals surface area contributed by atoms with E-state index in [1.165, 1.54) is 0 Å². The number of nitrogens with zero attached hydrogens (tertiary/aromatic N) is 2. The quantitative estimate of drug-likeness (QED) is 0.761. The van der Waals surface area contributed by atoms with E-state index in [9.17, 15) is 9.59 Å². The lowest BCUT2D eigenvalue weighted by atomic mass is 10.0. The Morgan fingerprint density at radius 3 is 2.32 bits per heavy atom. The van der Waals surface area contributed by atoms with Crippen molar-refractivity contribution in [1.29, 1.82) is 0 Å². The van der Waals surface area contributed by atoms with Gasteiger partial charge in [0.2, 0.25) is 0 Å². The standard InChI is InChI=1S/C24H26N2O5/c27-23(25-10-12-26(13-11-25)24(28)21-5-2-14-29-21)18-8-6-17(7-9-18)19-3-1-4-20-22(19)31-16-15-30-20/h1,3-4,6-9,21H,2,5,10-16H2. The van der Waals surface area contributed by atoms with Crippen molar-refractivity contribution in [3.63, 3.8) is 0 Å². The molecule has 2 amide bonds. The predicted molar refractivity (Wildman–Crippen MR) is 114 cm³/mol. The fourth-order valence-electron chi connectivity index (χ4n) is 4.38. The summed E-state index contributed by atoms with van der Waals surface area (Å²) in [7, 11) is 0. The highest BCUT2D eigenvalue weighted by molar-refractivity contribution is 5.95. The lowest BCUT2D eigenvalue weighted by Gasteiger charge is -2.35. The van der Waals surface area contributed by atoms with E-state index in [2.05, 4.69) is 0 Å². The Bertz CT molecular complexity index is 960. The molecule has 2 aromatic rings. The summed E-state index contributed by atoms with van der Waals surface area (Å²) in [4.78, 5) is 29.1. The molecular formula is C24H26N2O5. The number of benzene rings is 2. The molecule has 0 N–H and O–H groups in total. The summed E-state index contributed by atoms with van der Waals surface area (Å²) in [6.07, 6.45) is 1.44. The first-order chi connectivity index (χ1) is 15.2. The van der Waals surface area contributed by atoms with E-state index in [-0.39, 0.29) is 17.9 Å². The maximum atomic E-state index is 13.0. The van der Waals surface area contributed by atoms with Gasteiger partial charge in [0.1, 0.15) is 19.3 Å². The van der Waals surface area contributed by atoms with Gasteiger partial charge in [-0.05, 0) is 36.6 Å². The molecule has 5 rings (SSSR count). The SMILES string of the molecule is O=C(c1ccc(-c2cccc3c2OCCO3)cc1)N1CCN(C(=O)C2CCCO2)CC1. The summed E-state index contributed by atoms with van der Waals surface area (Å²) >= 11 is 0. The molecule has 3 aliphatic rings. The molecule has 0 saturated carbocycles. The molecule has 2 saturated heterocycles. The van der Waals surface area contributed by atoms with Crippen molar-refractivity contribution < 1.29 is 23.8 Å². The van der Waals surface area contributed by atoms with Crippen molar-refractivity contribution in [3.05, 3.63) is 48.0 Å². The van der Waals surface area contributed by atoms with Gasteiger partial charge in [0.15, 0.2) is 11.5 Å². The van der Waals surface area contributed by atoms with Gasteiger partial charge in [-0.3, -0.25) is 9.59 Å². The normalized spacial score (nSPS) is 20.6. The van der Waals surface area contributed by atoms with E-state index >= 15 is 0 Å². The van der Waals surface area contributed by atoms with Crippen LogP contribution in [-0.4, -0.2) is 73.7 Å². The lowest BCUT2D eigenvalue weighted by molar-refractivity contribution is -0.142. The molecule has 2 fully saturated rings. The summed E-state index contributed by atoms with van der Waals surface area (Å²) in [5, 5.41) is 0. The Hall–Kier alpha value is -3.06. The van der Waals surface area contributed by atoms with Gasteiger partial charge in [0.05, 0.1) is 0 Å². The van der Waals surface area contributed by atoms with E-state index in [0.29, 0.717) is 51.6 Å². The van der Waals surface area contributed by atoms with Gasteiger partial charge >= 0.3 is 0 Å². The van der Waals surface area contributed by atoms with Gasteiger partial charge in [-0.25, -0.2) is 0 Å². The molecule has 7 nitrogen and oxygen atoms in total. The second-order valence-corrected chi connectivity index (χ2v) is 8.03. The minimum Gasteiger partial charge on any atom is -0.486 e. The monoisotopic (exact) mass is 422 g/mol. The molecule has 7 heteroatoms. The van der Waals surface area contributed by atoms with Crippen molar-refractivity contribution in [2.75, 3.05) is 46.0 Å². The Kier molecular flexibility index (Phi) is 5.51. The van der Waals surface area contributed by atoms with Gasteiger partial charge in [-0.15, -0.1) is 0 Å². The highest BCUT2D eigenvalue weighted by Crippen LogP contribution is 2.39. The molecule has 162 valence electrons. The van der Waals surface area contributed by atoms with Gasteiger partial charge in [-0.1, -0.05) is 24.3 Å². The lowest BCUT2D eigenvalue weighted by Crippen LogP contribution is -2.52. The number of para-hydroxylation sites is 1. The first-order valence-corrected chi connectivity index (χ1v) is 10.9. The van der Waals surface area contributed by atoms with Crippen LogP contribution in [0.25, 0.3) is 11.1 Å². The molecule has 0 bridgehead atoms. The Balaban J connectivity index is 1.24. The van der Waals surface area contributed by atoms with Crippen molar-refractivity contribution in [3.8, 4) is 22.6 Å². The first-order valence-electron chi connectivity index (χ1n) is 10.9. The van der Waals surface area contributed by atoms with Crippen molar-refractivity contribution >= 4 is 11.8 Å². The molecule has 1 unspecified atom stereocenters. The molecule has 0 spiro atoms. The van der Waals surface area contributed by atoms with Crippen LogP contribution in [0.1, 0.15) is 23.2 Å². The number of ether oxygens (including phenoxy) is 3. The van der Waals surface area contributed by atoms with Crippen molar-refractivity contribution in [2.24, 2.45) is 0 Å². The highest BCUT2D eigenvalue weighted by atomic mass is 16.6. The van der Waals surface area contributed by atoms with Crippen molar-refractivity contribution in [2.45, 2.75) is 18.9 Å². The smallest absolute Gasteiger partial charge is 0.253 e. The van der Waals surface area contributed by atoms with E-state index < -0.39 is 0 Å². The summed E-state index contributed by atoms with van der Waals surface area (Å²) in [5.41, 5.74) is 2.58. The molecule has 3 aliphatic heterocycles. The van der Waals surface area contributed by atoms with Crippen LogP contribution in [0.3, 0.4) is 0 Å². The maximum absolute atomic E-state index is 13.0. The fraction of sp³-hybridized carbons (Fsp3) is 0.417. The van der Waals surface area contributed by atoms with E-state index in [1.807, 2.05) is 52.3 Å². The zero-order valence-electron chi connectivity index (χ0n) is 17.4. The minimum absolute atomic E-state index is 0.00885. The maximum Gasteiger partial charge on any atom is 0.253 e. The van der Waals surface area contributed by atoms with Gasteiger partial charge in [0.25, 0.3) is 11.8 Å². The van der Waals surface area contributed by atoms with Gasteiger partial charge in [-0.2, -0.15) is 0 Å². The Labute approximate surface area is 181 Å². The number of fused-ring (bicyclic) bond motifs is 1. The van der Waals surface area contributed by atoms with Gasteiger partial charge in [0, 0.05) is 43.9 Å². The number of hydrogen-bond donors (Lipinski definition) is 0. The largest absolute Gasteiger partial charge is 0.486 e. The van der Waals surface area contributed by atoms with E-state index in [0.717, 1.165) is 35.5 Å². The predicted octanol–water partition coefficient (Wildman–Crippen LogP) is 2.59. The number of hydrogen-bond acceptors (Lipinski definition) is 5. The molecule has 3 heterocycles. The third-order valence-corrected chi connectivity index (χ3v) is 6.09. The number of amides is 2. The molecule has 2 aromatic carbocycles. The summed E-state index contributed by atoms with van der Waals surface area (Å²) < 4.78 is 17.0. The van der Waals surface area contributed by atoms with Crippen LogP contribution in [0.5, 0.6) is 11.5 Å². The number of rotatable bonds is 3. The van der Waals surface area contributed by atoms with Crippen molar-refractivity contribution in [1.82, 2.24) is 9.80 Å².